The molecule has 0 atom stereocenters. The van der Waals surface area contributed by atoms with E-state index >= 15 is 0 Å². The zero-order valence-corrected chi connectivity index (χ0v) is 28.4. The number of alkyl halides is 3. The largest absolute Gasteiger partial charge is 0.433 e. The van der Waals surface area contributed by atoms with Gasteiger partial charge in [-0.2, -0.15) is 18.1 Å². The van der Waals surface area contributed by atoms with Gasteiger partial charge >= 0.3 is 12.1 Å². The third-order valence-corrected chi connectivity index (χ3v) is 9.91. The van der Waals surface area contributed by atoms with Crippen molar-refractivity contribution in [3.63, 3.8) is 0 Å². The lowest BCUT2D eigenvalue weighted by molar-refractivity contribution is -0.298. The van der Waals surface area contributed by atoms with Gasteiger partial charge in [0.25, 0.3) is 0 Å². The number of carbonyl (C=O) groups excluding carboxylic acids is 1. The fourth-order valence-corrected chi connectivity index (χ4v) is 7.27. The Morgan fingerprint density at radius 2 is 1.78 bits per heavy atom. The van der Waals surface area contributed by atoms with Crippen LogP contribution in [0.25, 0.3) is 33.9 Å². The summed E-state index contributed by atoms with van der Waals surface area (Å²) >= 11 is 0. The van der Waals surface area contributed by atoms with Gasteiger partial charge in [0.15, 0.2) is 11.5 Å². The van der Waals surface area contributed by atoms with E-state index in [9.17, 15) is 18.0 Å². The zero-order valence-electron chi connectivity index (χ0n) is 28.4. The summed E-state index contributed by atoms with van der Waals surface area (Å²) in [6.07, 6.45) is 5.85. The number of ether oxygens (including phenoxy) is 1. The molecule has 1 saturated heterocycles. The fraction of sp³-hybridized carbons (Fsp3) is 0.543. The van der Waals surface area contributed by atoms with Crippen LogP contribution in [0.5, 0.6) is 0 Å². The molecule has 1 aliphatic heterocycles. The molecule has 2 saturated carbocycles. The van der Waals surface area contributed by atoms with Crippen molar-refractivity contribution >= 4 is 28.6 Å². The number of nitrogens with one attached hydrogen (secondary N) is 1. The van der Waals surface area contributed by atoms with E-state index in [4.69, 9.17) is 24.5 Å². The first-order valence-electron chi connectivity index (χ1n) is 17.1. The van der Waals surface area contributed by atoms with E-state index in [1.165, 1.54) is 6.92 Å². The van der Waals surface area contributed by atoms with Gasteiger partial charge in [0.05, 0.1) is 30.4 Å². The molecule has 0 aromatic carbocycles. The van der Waals surface area contributed by atoms with Gasteiger partial charge in [-0.3, -0.25) is 4.89 Å². The minimum absolute atomic E-state index is 0.0252. The highest BCUT2D eigenvalue weighted by Crippen LogP contribution is 2.44. The molecule has 0 amide bonds. The molecule has 15 heteroatoms. The molecule has 3 aliphatic rings. The first-order chi connectivity index (χ1) is 24.0. The highest BCUT2D eigenvalue weighted by molar-refractivity contribution is 5.91. The molecule has 266 valence electrons. The van der Waals surface area contributed by atoms with E-state index in [1.54, 1.807) is 25.6 Å². The van der Waals surface area contributed by atoms with Gasteiger partial charge in [-0.25, -0.2) is 29.7 Å². The molecule has 50 heavy (non-hydrogen) atoms. The number of pyridine rings is 2. The van der Waals surface area contributed by atoms with Crippen LogP contribution in [-0.4, -0.2) is 82.4 Å². The van der Waals surface area contributed by atoms with Crippen molar-refractivity contribution in [1.82, 2.24) is 29.9 Å². The van der Waals surface area contributed by atoms with Crippen LogP contribution in [-0.2, 0) is 25.5 Å². The third kappa shape index (κ3) is 7.38. The van der Waals surface area contributed by atoms with E-state index in [0.29, 0.717) is 84.5 Å². The summed E-state index contributed by atoms with van der Waals surface area (Å²) in [6, 6.07) is 4.66. The number of rotatable bonds is 11. The van der Waals surface area contributed by atoms with E-state index in [2.05, 4.69) is 29.7 Å². The number of imidazole rings is 1. The average Bonchev–Trinajstić information content (AvgIpc) is 3.71. The molecule has 4 aromatic heterocycles. The number of fused-ring (bicyclic) bond motifs is 1. The van der Waals surface area contributed by atoms with Crippen molar-refractivity contribution in [1.29, 1.82) is 0 Å². The Labute approximate surface area is 287 Å². The lowest BCUT2D eigenvalue weighted by atomic mass is 9.86. The van der Waals surface area contributed by atoms with Crippen molar-refractivity contribution in [2.45, 2.75) is 76.5 Å². The first kappa shape index (κ1) is 34.1. The molecule has 5 heterocycles. The molecule has 3 fully saturated rings. The lowest BCUT2D eigenvalue weighted by Crippen LogP contribution is -2.37. The SMILES string of the molecule is COCC1(CN(C)c2cc(-c3cc(C4CC4)nc(C(F)(F)F)c3)nc3nc(-c4cnc(N5CCC(OOC(C)=O)CC5)cn4)[nH]c23)CCCC1. The summed E-state index contributed by atoms with van der Waals surface area (Å²) in [7, 11) is 3.71. The first-order valence-corrected chi connectivity index (χ1v) is 17.1. The number of anilines is 2. The van der Waals surface area contributed by atoms with Crippen LogP contribution in [0.1, 0.15) is 75.6 Å². The Hall–Kier alpha value is -4.37. The minimum atomic E-state index is -4.59. The van der Waals surface area contributed by atoms with E-state index < -0.39 is 17.8 Å². The molecule has 0 bridgehead atoms. The van der Waals surface area contributed by atoms with Gasteiger partial charge in [-0.1, -0.05) is 12.8 Å². The normalized spacial score (nSPS) is 18.2. The maximum absolute atomic E-state index is 14.0. The van der Waals surface area contributed by atoms with Crippen LogP contribution in [0.2, 0.25) is 0 Å². The van der Waals surface area contributed by atoms with Gasteiger partial charge in [0.2, 0.25) is 0 Å². The standard InChI is InChI=1S/C35H41F3N8O4/c1-21(47)49-50-24-8-12-46(13-9-24)30-18-39-27(17-40-30)32-43-31-28(45(2)19-34(20-48-3)10-4-5-11-34)16-26(42-33(31)44-32)23-14-25(22-6-7-22)41-29(15-23)35(36,37)38/h14-18,22,24H,4-13,19-20H2,1-3H3,(H,42,43,44). The zero-order chi connectivity index (χ0) is 35.0. The monoisotopic (exact) mass is 694 g/mol. The molecule has 1 N–H and O–H groups in total. The third-order valence-electron chi connectivity index (χ3n) is 9.91. The summed E-state index contributed by atoms with van der Waals surface area (Å²) in [4.78, 5) is 51.5. The van der Waals surface area contributed by atoms with Crippen molar-refractivity contribution in [2.24, 2.45) is 5.41 Å². The molecule has 0 radical (unpaired) electrons. The maximum atomic E-state index is 14.0. The lowest BCUT2D eigenvalue weighted by Gasteiger charge is -2.34. The van der Waals surface area contributed by atoms with Crippen LogP contribution < -0.4 is 9.80 Å². The summed E-state index contributed by atoms with van der Waals surface area (Å²) in [5.41, 5.74) is 2.53. The van der Waals surface area contributed by atoms with E-state index in [-0.39, 0.29) is 17.4 Å². The van der Waals surface area contributed by atoms with Crippen molar-refractivity contribution in [3.05, 3.63) is 42.0 Å². The van der Waals surface area contributed by atoms with Crippen LogP contribution >= 0.6 is 0 Å². The van der Waals surface area contributed by atoms with Crippen molar-refractivity contribution in [3.8, 4) is 22.8 Å². The summed E-state index contributed by atoms with van der Waals surface area (Å²) in [5, 5.41) is 0. The van der Waals surface area contributed by atoms with Crippen LogP contribution in [0.15, 0.2) is 30.6 Å². The molecule has 7 rings (SSSR count). The summed E-state index contributed by atoms with van der Waals surface area (Å²) in [5.74, 6) is 0.686. The Bertz CT molecular complexity index is 1830. The highest BCUT2D eigenvalue weighted by atomic mass is 19.4. The van der Waals surface area contributed by atoms with Gasteiger partial charge in [0.1, 0.15) is 28.8 Å². The van der Waals surface area contributed by atoms with Crippen LogP contribution in [0.4, 0.5) is 24.7 Å². The summed E-state index contributed by atoms with van der Waals surface area (Å²) < 4.78 is 47.7. The van der Waals surface area contributed by atoms with Crippen LogP contribution in [0, 0.1) is 5.41 Å². The minimum Gasteiger partial charge on any atom is -0.384 e. The Balaban J connectivity index is 1.22. The second-order valence-corrected chi connectivity index (χ2v) is 13.9. The molecule has 2 aliphatic carbocycles. The molecule has 0 spiro atoms. The van der Waals surface area contributed by atoms with Crippen LogP contribution in [0.3, 0.4) is 0 Å². The number of aromatic nitrogens is 6. The summed E-state index contributed by atoms with van der Waals surface area (Å²) in [6.45, 7) is 3.93. The number of halogens is 3. The average molecular weight is 695 g/mol. The topological polar surface area (TPSA) is 131 Å². The second-order valence-electron chi connectivity index (χ2n) is 13.9. The number of nitrogens with zero attached hydrogens (tertiary/aromatic N) is 7. The quantitative estimate of drug-likeness (QED) is 0.137. The van der Waals surface area contributed by atoms with Gasteiger partial charge in [0, 0.05) is 63.3 Å². The Morgan fingerprint density at radius 1 is 1.02 bits per heavy atom. The number of aromatic amines is 1. The number of hydrogen-bond acceptors (Lipinski definition) is 11. The second kappa shape index (κ2) is 13.7. The molecular weight excluding hydrogens is 653 g/mol. The molecule has 4 aromatic rings. The molecular formula is C35H41F3N8O4. The molecule has 12 nitrogen and oxygen atoms in total. The Kier molecular flexibility index (Phi) is 9.37. The molecule has 0 unspecified atom stereocenters. The fourth-order valence-electron chi connectivity index (χ4n) is 7.27. The Morgan fingerprint density at radius 3 is 2.42 bits per heavy atom. The number of H-pyrrole nitrogens is 1. The van der Waals surface area contributed by atoms with Gasteiger partial charge < -0.3 is 19.5 Å². The van der Waals surface area contributed by atoms with Crippen molar-refractivity contribution in [2.75, 3.05) is 50.2 Å². The number of methoxy groups -OCH3 is 1. The number of piperidine rings is 1. The van der Waals surface area contributed by atoms with Gasteiger partial charge in [-0.15, -0.1) is 0 Å². The highest BCUT2D eigenvalue weighted by Gasteiger charge is 2.37. The predicted molar refractivity (Wildman–Crippen MR) is 179 cm³/mol. The number of carbonyl (C=O) groups is 1. The maximum Gasteiger partial charge on any atom is 0.433 e. The van der Waals surface area contributed by atoms with E-state index in [1.807, 2.05) is 13.1 Å². The van der Waals surface area contributed by atoms with Crippen molar-refractivity contribution < 1.29 is 32.5 Å². The van der Waals surface area contributed by atoms with Gasteiger partial charge in [-0.05, 0) is 56.7 Å². The number of hydrogen-bond donors (Lipinski definition) is 1. The smallest absolute Gasteiger partial charge is 0.384 e. The van der Waals surface area contributed by atoms with E-state index in [0.717, 1.165) is 50.3 Å². The predicted octanol–water partition coefficient (Wildman–Crippen LogP) is 6.48.